The lowest BCUT2D eigenvalue weighted by atomic mass is 9.96. The van der Waals surface area contributed by atoms with Crippen molar-refractivity contribution in [1.29, 1.82) is 0 Å². The second kappa shape index (κ2) is 7.62. The zero-order valence-electron chi connectivity index (χ0n) is 12.5. The molecule has 1 aliphatic rings. The zero-order valence-corrected chi connectivity index (χ0v) is 12.5. The molecule has 0 aliphatic carbocycles. The number of aliphatic hydroxyl groups is 3. The standard InChI is InChI=1S/C15H19NO7/c1-22-15-11(13(20)12(19)10(7-18)23-15)16-14(21)9-5-3-2-4-8(9)6-17/h2-6,10-13,15,18-20H,7H2,1H3,(H,16,21)/t10?,11?,12-,13+,15?/m0/s1. The lowest BCUT2D eigenvalue weighted by Crippen LogP contribution is -2.64. The van der Waals surface area contributed by atoms with Crippen LogP contribution in [0.4, 0.5) is 0 Å². The van der Waals surface area contributed by atoms with Gasteiger partial charge < -0.3 is 30.1 Å². The summed E-state index contributed by atoms with van der Waals surface area (Å²) in [6, 6.07) is 5.10. The Morgan fingerprint density at radius 1 is 1.35 bits per heavy atom. The molecule has 1 aromatic rings. The number of aliphatic hydroxyl groups excluding tert-OH is 3. The Hall–Kier alpha value is -1.84. The van der Waals surface area contributed by atoms with Crippen molar-refractivity contribution in [1.82, 2.24) is 5.32 Å². The van der Waals surface area contributed by atoms with Crippen molar-refractivity contribution in [2.75, 3.05) is 13.7 Å². The van der Waals surface area contributed by atoms with Gasteiger partial charge in [0.1, 0.15) is 24.4 Å². The molecule has 0 saturated carbocycles. The van der Waals surface area contributed by atoms with Gasteiger partial charge in [0.25, 0.3) is 5.91 Å². The average molecular weight is 325 g/mol. The van der Waals surface area contributed by atoms with E-state index in [1.54, 1.807) is 12.1 Å². The molecule has 1 amide bonds. The highest BCUT2D eigenvalue weighted by molar-refractivity contribution is 6.01. The third-order valence-electron chi connectivity index (χ3n) is 3.74. The van der Waals surface area contributed by atoms with Crippen molar-refractivity contribution in [3.8, 4) is 0 Å². The maximum atomic E-state index is 12.3. The van der Waals surface area contributed by atoms with Crippen molar-refractivity contribution in [2.45, 2.75) is 30.6 Å². The van der Waals surface area contributed by atoms with E-state index in [9.17, 15) is 19.8 Å². The number of hydrogen-bond acceptors (Lipinski definition) is 7. The van der Waals surface area contributed by atoms with Crippen LogP contribution in [-0.4, -0.2) is 71.9 Å². The highest BCUT2D eigenvalue weighted by Crippen LogP contribution is 2.22. The number of carbonyl (C=O) groups is 2. The van der Waals surface area contributed by atoms with Gasteiger partial charge in [-0.2, -0.15) is 0 Å². The lowest BCUT2D eigenvalue weighted by molar-refractivity contribution is -0.261. The number of aldehydes is 1. The summed E-state index contributed by atoms with van der Waals surface area (Å²) in [5.74, 6) is -0.614. The number of carbonyl (C=O) groups excluding carboxylic acids is 2. The van der Waals surface area contributed by atoms with Crippen molar-refractivity contribution >= 4 is 12.2 Å². The lowest BCUT2D eigenvalue weighted by Gasteiger charge is -2.41. The van der Waals surface area contributed by atoms with Crippen LogP contribution >= 0.6 is 0 Å². The molecule has 3 unspecified atom stereocenters. The highest BCUT2D eigenvalue weighted by Gasteiger charge is 2.45. The van der Waals surface area contributed by atoms with Gasteiger partial charge in [0.05, 0.1) is 6.61 Å². The van der Waals surface area contributed by atoms with Gasteiger partial charge in [-0.3, -0.25) is 9.59 Å². The summed E-state index contributed by atoms with van der Waals surface area (Å²) in [7, 11) is 1.31. The van der Waals surface area contributed by atoms with Gasteiger partial charge in [-0.25, -0.2) is 0 Å². The molecule has 4 N–H and O–H groups in total. The van der Waals surface area contributed by atoms with E-state index in [0.29, 0.717) is 6.29 Å². The third kappa shape index (κ3) is 3.57. The monoisotopic (exact) mass is 325 g/mol. The molecule has 1 fully saturated rings. The molecular weight excluding hydrogens is 306 g/mol. The Labute approximate surface area is 132 Å². The van der Waals surface area contributed by atoms with Gasteiger partial charge in [0.2, 0.25) is 0 Å². The number of nitrogens with one attached hydrogen (secondary N) is 1. The first-order valence-electron chi connectivity index (χ1n) is 7.03. The molecular formula is C15H19NO7. The second-order valence-electron chi connectivity index (χ2n) is 5.15. The van der Waals surface area contributed by atoms with Crippen LogP contribution in [0.5, 0.6) is 0 Å². The maximum absolute atomic E-state index is 12.3. The fraction of sp³-hybridized carbons (Fsp3) is 0.467. The van der Waals surface area contributed by atoms with Crippen molar-refractivity contribution < 1.29 is 34.4 Å². The van der Waals surface area contributed by atoms with E-state index in [0.717, 1.165) is 0 Å². The van der Waals surface area contributed by atoms with Gasteiger partial charge in [0.15, 0.2) is 12.6 Å². The van der Waals surface area contributed by atoms with Gasteiger partial charge in [-0.15, -0.1) is 0 Å². The number of rotatable bonds is 5. The van der Waals surface area contributed by atoms with Gasteiger partial charge in [-0.1, -0.05) is 18.2 Å². The number of amides is 1. The van der Waals surface area contributed by atoms with Gasteiger partial charge in [0, 0.05) is 18.2 Å². The number of ether oxygens (including phenoxy) is 2. The third-order valence-corrected chi connectivity index (χ3v) is 3.74. The molecule has 0 bridgehead atoms. The zero-order chi connectivity index (χ0) is 17.0. The SMILES string of the molecule is COC1OC(CO)[C@H](O)[C@H](O)C1NC(=O)c1ccccc1C=O. The Kier molecular flexibility index (Phi) is 5.80. The van der Waals surface area contributed by atoms with E-state index in [1.165, 1.54) is 19.2 Å². The molecule has 1 aromatic carbocycles. The van der Waals surface area contributed by atoms with Gasteiger partial charge >= 0.3 is 0 Å². The molecule has 1 saturated heterocycles. The van der Waals surface area contributed by atoms with Crippen LogP contribution in [0.2, 0.25) is 0 Å². The van der Waals surface area contributed by atoms with Crippen LogP contribution in [0.3, 0.4) is 0 Å². The number of methoxy groups -OCH3 is 1. The Morgan fingerprint density at radius 2 is 2.04 bits per heavy atom. The molecule has 2 rings (SSSR count). The number of benzene rings is 1. The molecule has 8 heteroatoms. The molecule has 0 spiro atoms. The van der Waals surface area contributed by atoms with E-state index in [1.807, 2.05) is 0 Å². The summed E-state index contributed by atoms with van der Waals surface area (Å²) < 4.78 is 10.4. The minimum absolute atomic E-state index is 0.128. The minimum atomic E-state index is -1.40. The number of hydrogen-bond donors (Lipinski definition) is 4. The quantitative estimate of drug-likeness (QED) is 0.495. The van der Waals surface area contributed by atoms with Crippen molar-refractivity contribution in [3.63, 3.8) is 0 Å². The second-order valence-corrected chi connectivity index (χ2v) is 5.15. The Bertz CT molecular complexity index is 563. The molecule has 8 nitrogen and oxygen atoms in total. The van der Waals surface area contributed by atoms with E-state index in [-0.39, 0.29) is 11.1 Å². The molecule has 1 aliphatic heterocycles. The average Bonchev–Trinajstić information content (AvgIpc) is 2.59. The normalized spacial score (nSPS) is 30.7. The van der Waals surface area contributed by atoms with Crippen LogP contribution in [0, 0.1) is 0 Å². The van der Waals surface area contributed by atoms with Crippen LogP contribution in [0.15, 0.2) is 24.3 Å². The summed E-state index contributed by atoms with van der Waals surface area (Å²) in [6.07, 6.45) is -4.33. The predicted molar refractivity (Wildman–Crippen MR) is 77.9 cm³/mol. The maximum Gasteiger partial charge on any atom is 0.252 e. The molecule has 5 atom stereocenters. The predicted octanol–water partition coefficient (Wildman–Crippen LogP) is -1.32. The summed E-state index contributed by atoms with van der Waals surface area (Å²) >= 11 is 0. The first kappa shape index (κ1) is 17.5. The van der Waals surface area contributed by atoms with Crippen LogP contribution in [0.25, 0.3) is 0 Å². The summed E-state index contributed by atoms with van der Waals surface area (Å²) in [6.45, 7) is -0.507. The molecule has 0 radical (unpaired) electrons. The topological polar surface area (TPSA) is 125 Å². The fourth-order valence-corrected chi connectivity index (χ4v) is 2.47. The van der Waals surface area contributed by atoms with Crippen molar-refractivity contribution in [3.05, 3.63) is 35.4 Å². The van der Waals surface area contributed by atoms with Gasteiger partial charge in [-0.05, 0) is 6.07 Å². The summed E-state index contributed by atoms with van der Waals surface area (Å²) in [5.41, 5.74) is 0.322. The first-order chi connectivity index (χ1) is 11.0. The fourth-order valence-electron chi connectivity index (χ4n) is 2.47. The Balaban J connectivity index is 2.19. The van der Waals surface area contributed by atoms with Crippen LogP contribution < -0.4 is 5.32 Å². The molecule has 23 heavy (non-hydrogen) atoms. The Morgan fingerprint density at radius 3 is 2.65 bits per heavy atom. The molecule has 0 aromatic heterocycles. The van der Waals surface area contributed by atoms with Crippen LogP contribution in [0.1, 0.15) is 20.7 Å². The highest BCUT2D eigenvalue weighted by atomic mass is 16.7. The van der Waals surface area contributed by atoms with Crippen molar-refractivity contribution in [2.24, 2.45) is 0 Å². The molecule has 1 heterocycles. The smallest absolute Gasteiger partial charge is 0.252 e. The summed E-state index contributed by atoms with van der Waals surface area (Å²) in [5, 5.41) is 31.7. The first-order valence-corrected chi connectivity index (χ1v) is 7.03. The van der Waals surface area contributed by atoms with E-state index in [4.69, 9.17) is 14.6 Å². The van der Waals surface area contributed by atoms with E-state index >= 15 is 0 Å². The summed E-state index contributed by atoms with van der Waals surface area (Å²) in [4.78, 5) is 23.3. The van der Waals surface area contributed by atoms with E-state index < -0.39 is 43.2 Å². The van der Waals surface area contributed by atoms with E-state index in [2.05, 4.69) is 5.32 Å². The molecule has 126 valence electrons. The minimum Gasteiger partial charge on any atom is -0.394 e. The largest absolute Gasteiger partial charge is 0.394 e. The van der Waals surface area contributed by atoms with Crippen LogP contribution in [-0.2, 0) is 9.47 Å².